The third kappa shape index (κ3) is 1.69. The molecule has 0 saturated carbocycles. The first-order valence-corrected chi connectivity index (χ1v) is 6.25. The first kappa shape index (κ1) is 9.78. The summed E-state index contributed by atoms with van der Waals surface area (Å²) in [4.78, 5) is 4.34. The van der Waals surface area contributed by atoms with Crippen LogP contribution in [0.4, 0.5) is 5.13 Å². The molecule has 2 aromatic rings. The summed E-state index contributed by atoms with van der Waals surface area (Å²) >= 11 is 1.44. The second kappa shape index (κ2) is 3.87. The van der Waals surface area contributed by atoms with Gasteiger partial charge in [-0.2, -0.15) is 4.37 Å². The van der Waals surface area contributed by atoms with Gasteiger partial charge in [-0.05, 0) is 30.9 Å². The Morgan fingerprint density at radius 2 is 2.25 bits per heavy atom. The number of hydrogen-bond acceptors (Lipinski definition) is 4. The van der Waals surface area contributed by atoms with E-state index >= 15 is 0 Å². The number of benzene rings is 1. The lowest BCUT2D eigenvalue weighted by Gasteiger charge is -2.12. The van der Waals surface area contributed by atoms with Gasteiger partial charge in [-0.3, -0.25) is 0 Å². The second-order valence-electron chi connectivity index (χ2n) is 4.08. The highest BCUT2D eigenvalue weighted by Gasteiger charge is 2.22. The lowest BCUT2D eigenvalue weighted by molar-refractivity contribution is 0.760. The average Bonchev–Trinajstić information content (AvgIpc) is 2.87. The Morgan fingerprint density at radius 1 is 1.38 bits per heavy atom. The molecule has 16 heavy (non-hydrogen) atoms. The molecule has 0 fully saturated rings. The first-order chi connectivity index (χ1) is 7.83. The Morgan fingerprint density at radius 3 is 3.06 bits per heavy atom. The molecule has 0 unspecified atom stereocenters. The van der Waals surface area contributed by atoms with Gasteiger partial charge in [0.1, 0.15) is 5.82 Å². The van der Waals surface area contributed by atoms with Crippen LogP contribution in [0.5, 0.6) is 0 Å². The average molecular weight is 231 g/mol. The van der Waals surface area contributed by atoms with Gasteiger partial charge in [0.25, 0.3) is 0 Å². The standard InChI is InChI=1S/C12H13N3S/c1-8-13-12(16-15-8)14-11-7-6-9-4-2-3-5-10(9)11/h2-5,11H,6-7H2,1H3,(H,13,14,15)/t11-/m0/s1. The van der Waals surface area contributed by atoms with Crippen molar-refractivity contribution in [1.29, 1.82) is 0 Å². The third-order valence-corrected chi connectivity index (χ3v) is 3.70. The first-order valence-electron chi connectivity index (χ1n) is 5.47. The lowest BCUT2D eigenvalue weighted by Crippen LogP contribution is -2.06. The quantitative estimate of drug-likeness (QED) is 0.863. The number of rotatable bonds is 2. The Bertz CT molecular complexity index is 506. The van der Waals surface area contributed by atoms with Crippen molar-refractivity contribution in [2.45, 2.75) is 25.8 Å². The molecular weight excluding hydrogens is 218 g/mol. The highest BCUT2D eigenvalue weighted by atomic mass is 32.1. The molecule has 82 valence electrons. The number of nitrogens with one attached hydrogen (secondary N) is 1. The van der Waals surface area contributed by atoms with Crippen LogP contribution < -0.4 is 5.32 Å². The van der Waals surface area contributed by atoms with Crippen molar-refractivity contribution < 1.29 is 0 Å². The Labute approximate surface area is 98.7 Å². The Balaban J connectivity index is 1.83. The van der Waals surface area contributed by atoms with Gasteiger partial charge in [0.05, 0.1) is 6.04 Å². The maximum Gasteiger partial charge on any atom is 0.203 e. The van der Waals surface area contributed by atoms with Gasteiger partial charge in [0.2, 0.25) is 5.13 Å². The van der Waals surface area contributed by atoms with Gasteiger partial charge in [-0.1, -0.05) is 24.3 Å². The minimum absolute atomic E-state index is 0.406. The van der Waals surface area contributed by atoms with Crippen molar-refractivity contribution in [3.8, 4) is 0 Å². The molecule has 0 spiro atoms. The summed E-state index contributed by atoms with van der Waals surface area (Å²) < 4.78 is 4.18. The van der Waals surface area contributed by atoms with E-state index in [0.717, 1.165) is 23.8 Å². The number of aromatic nitrogens is 2. The number of anilines is 1. The lowest BCUT2D eigenvalue weighted by atomic mass is 10.1. The van der Waals surface area contributed by atoms with Crippen molar-refractivity contribution in [3.05, 3.63) is 41.2 Å². The van der Waals surface area contributed by atoms with E-state index in [4.69, 9.17) is 0 Å². The van der Waals surface area contributed by atoms with Gasteiger partial charge in [0, 0.05) is 11.5 Å². The number of hydrogen-bond donors (Lipinski definition) is 1. The van der Waals surface area contributed by atoms with E-state index in [-0.39, 0.29) is 0 Å². The zero-order valence-corrected chi connectivity index (χ0v) is 9.92. The van der Waals surface area contributed by atoms with Gasteiger partial charge in [0.15, 0.2) is 0 Å². The topological polar surface area (TPSA) is 37.8 Å². The molecule has 1 heterocycles. The molecule has 1 aliphatic carbocycles. The molecule has 3 nitrogen and oxygen atoms in total. The Kier molecular flexibility index (Phi) is 2.36. The summed E-state index contributed by atoms with van der Waals surface area (Å²) in [7, 11) is 0. The molecule has 1 N–H and O–H groups in total. The summed E-state index contributed by atoms with van der Waals surface area (Å²) in [6, 6.07) is 9.03. The number of aryl methyl sites for hydroxylation is 2. The van der Waals surface area contributed by atoms with Crippen molar-refractivity contribution in [2.24, 2.45) is 0 Å². The van der Waals surface area contributed by atoms with E-state index < -0.39 is 0 Å². The third-order valence-electron chi connectivity index (χ3n) is 2.96. The molecule has 4 heteroatoms. The minimum Gasteiger partial charge on any atom is -0.353 e. The van der Waals surface area contributed by atoms with Crippen molar-refractivity contribution in [3.63, 3.8) is 0 Å². The minimum atomic E-state index is 0.406. The molecule has 0 aliphatic heterocycles. The van der Waals surface area contributed by atoms with Crippen LogP contribution in [0.2, 0.25) is 0 Å². The number of nitrogens with zero attached hydrogens (tertiary/aromatic N) is 2. The highest BCUT2D eigenvalue weighted by Crippen LogP contribution is 2.33. The molecule has 3 rings (SSSR count). The van der Waals surface area contributed by atoms with E-state index in [2.05, 4.69) is 38.9 Å². The van der Waals surface area contributed by atoms with Crippen LogP contribution in [0.25, 0.3) is 0 Å². The van der Waals surface area contributed by atoms with Crippen LogP contribution in [0.3, 0.4) is 0 Å². The monoisotopic (exact) mass is 231 g/mol. The van der Waals surface area contributed by atoms with Gasteiger partial charge in [-0.25, -0.2) is 4.98 Å². The van der Waals surface area contributed by atoms with Crippen molar-refractivity contribution >= 4 is 16.7 Å². The fourth-order valence-electron chi connectivity index (χ4n) is 2.21. The van der Waals surface area contributed by atoms with E-state index in [0.29, 0.717) is 6.04 Å². The summed E-state index contributed by atoms with van der Waals surface area (Å²) in [5.74, 6) is 0.846. The highest BCUT2D eigenvalue weighted by molar-refractivity contribution is 7.09. The van der Waals surface area contributed by atoms with E-state index in [1.54, 1.807) is 0 Å². The van der Waals surface area contributed by atoms with Crippen LogP contribution in [-0.2, 0) is 6.42 Å². The number of fused-ring (bicyclic) bond motifs is 1. The van der Waals surface area contributed by atoms with E-state index in [1.807, 2.05) is 6.92 Å². The predicted octanol–water partition coefficient (Wildman–Crippen LogP) is 2.95. The van der Waals surface area contributed by atoms with Crippen LogP contribution in [-0.4, -0.2) is 9.36 Å². The summed E-state index contributed by atoms with van der Waals surface area (Å²) in [6.45, 7) is 1.92. The zero-order valence-electron chi connectivity index (χ0n) is 9.10. The van der Waals surface area contributed by atoms with Crippen molar-refractivity contribution in [2.75, 3.05) is 5.32 Å². The maximum atomic E-state index is 4.34. The molecule has 1 aromatic heterocycles. The largest absolute Gasteiger partial charge is 0.353 e. The molecule has 1 aliphatic rings. The molecule has 1 atom stereocenters. The summed E-state index contributed by atoms with van der Waals surface area (Å²) in [5, 5.41) is 4.39. The summed E-state index contributed by atoms with van der Waals surface area (Å²) in [6.07, 6.45) is 2.31. The fourth-order valence-corrected chi connectivity index (χ4v) is 2.84. The Hall–Kier alpha value is -1.42. The molecule has 0 radical (unpaired) electrons. The zero-order chi connectivity index (χ0) is 11.0. The van der Waals surface area contributed by atoms with Crippen LogP contribution in [0.1, 0.15) is 29.4 Å². The fraction of sp³-hybridized carbons (Fsp3) is 0.333. The van der Waals surface area contributed by atoms with Crippen LogP contribution >= 0.6 is 11.5 Å². The molecule has 0 bridgehead atoms. The normalized spacial score (nSPS) is 18.4. The van der Waals surface area contributed by atoms with Gasteiger partial charge >= 0.3 is 0 Å². The van der Waals surface area contributed by atoms with Gasteiger partial charge < -0.3 is 5.32 Å². The molecule has 0 saturated heterocycles. The smallest absolute Gasteiger partial charge is 0.203 e. The summed E-state index contributed by atoms with van der Waals surface area (Å²) in [5.41, 5.74) is 2.87. The van der Waals surface area contributed by atoms with E-state index in [1.165, 1.54) is 22.7 Å². The SMILES string of the molecule is Cc1nsc(N[C@H]2CCc3ccccc32)n1. The molecular formula is C12H13N3S. The van der Waals surface area contributed by atoms with Crippen molar-refractivity contribution in [1.82, 2.24) is 9.36 Å². The van der Waals surface area contributed by atoms with Gasteiger partial charge in [-0.15, -0.1) is 0 Å². The second-order valence-corrected chi connectivity index (χ2v) is 4.83. The molecule has 0 amide bonds. The maximum absolute atomic E-state index is 4.34. The van der Waals surface area contributed by atoms with Crippen LogP contribution in [0, 0.1) is 6.92 Å². The van der Waals surface area contributed by atoms with Crippen LogP contribution in [0.15, 0.2) is 24.3 Å². The molecule has 1 aromatic carbocycles. The predicted molar refractivity (Wildman–Crippen MR) is 65.8 cm³/mol. The van der Waals surface area contributed by atoms with E-state index in [9.17, 15) is 0 Å².